The molecule has 0 aliphatic rings. The van der Waals surface area contributed by atoms with E-state index >= 15 is 0 Å². The number of carboxylic acids is 1. The van der Waals surface area contributed by atoms with Gasteiger partial charge < -0.3 is 14.8 Å². The van der Waals surface area contributed by atoms with Gasteiger partial charge in [-0.1, -0.05) is 0 Å². The number of aromatic nitrogens is 1. The van der Waals surface area contributed by atoms with Crippen molar-refractivity contribution in [2.45, 2.75) is 19.9 Å². The first-order chi connectivity index (χ1) is 8.97. The highest BCUT2D eigenvalue weighted by Gasteiger charge is 2.14. The van der Waals surface area contributed by atoms with Crippen LogP contribution in [0.15, 0.2) is 28.8 Å². The molecule has 1 aromatic heterocycles. The van der Waals surface area contributed by atoms with Crippen molar-refractivity contribution >= 4 is 11.7 Å². The molecular formula is C13H13FN2O3. The van der Waals surface area contributed by atoms with Gasteiger partial charge in [-0.2, -0.15) is 0 Å². The monoisotopic (exact) mass is 264 g/mol. The largest absolute Gasteiger partial charge is 0.478 e. The van der Waals surface area contributed by atoms with Crippen LogP contribution in [-0.2, 0) is 0 Å². The molecule has 2 aromatic rings. The van der Waals surface area contributed by atoms with Crippen molar-refractivity contribution in [1.29, 1.82) is 0 Å². The van der Waals surface area contributed by atoms with E-state index in [4.69, 9.17) is 9.52 Å². The van der Waals surface area contributed by atoms with E-state index < -0.39 is 11.8 Å². The molecule has 19 heavy (non-hydrogen) atoms. The summed E-state index contributed by atoms with van der Waals surface area (Å²) >= 11 is 0. The van der Waals surface area contributed by atoms with E-state index in [9.17, 15) is 9.18 Å². The molecule has 0 radical (unpaired) electrons. The molecule has 0 spiro atoms. The van der Waals surface area contributed by atoms with Crippen molar-refractivity contribution < 1.29 is 18.7 Å². The maximum atomic E-state index is 13.5. The molecule has 1 atom stereocenters. The Morgan fingerprint density at radius 2 is 2.26 bits per heavy atom. The van der Waals surface area contributed by atoms with E-state index in [1.54, 1.807) is 13.1 Å². The summed E-state index contributed by atoms with van der Waals surface area (Å²) in [5, 5.41) is 11.7. The zero-order chi connectivity index (χ0) is 14.0. The molecule has 0 aliphatic heterocycles. The van der Waals surface area contributed by atoms with Gasteiger partial charge >= 0.3 is 5.97 Å². The number of carbonyl (C=O) groups is 1. The minimum absolute atomic E-state index is 0.247. The van der Waals surface area contributed by atoms with Crippen LogP contribution >= 0.6 is 0 Å². The molecule has 2 rings (SSSR count). The van der Waals surface area contributed by atoms with Gasteiger partial charge in [0, 0.05) is 5.69 Å². The zero-order valence-electron chi connectivity index (χ0n) is 10.5. The summed E-state index contributed by atoms with van der Waals surface area (Å²) in [4.78, 5) is 14.8. The maximum absolute atomic E-state index is 13.5. The van der Waals surface area contributed by atoms with Crippen LogP contribution < -0.4 is 5.32 Å². The number of anilines is 1. The molecule has 1 unspecified atom stereocenters. The Kier molecular flexibility index (Phi) is 3.50. The van der Waals surface area contributed by atoms with Gasteiger partial charge in [-0.05, 0) is 32.0 Å². The van der Waals surface area contributed by atoms with Crippen molar-refractivity contribution in [3.63, 3.8) is 0 Å². The standard InChI is InChI=1S/C13H13FN2O3/c1-7-6-15-12(19-7)8(2)16-9-3-4-10(13(17)18)11(14)5-9/h3-6,8,16H,1-2H3,(H,17,18). The predicted octanol–water partition coefficient (Wildman–Crippen LogP) is 2.99. The minimum Gasteiger partial charge on any atom is -0.478 e. The van der Waals surface area contributed by atoms with Crippen molar-refractivity contribution in [1.82, 2.24) is 4.98 Å². The lowest BCUT2D eigenvalue weighted by Crippen LogP contribution is -2.08. The highest BCUT2D eigenvalue weighted by Crippen LogP contribution is 2.21. The molecule has 1 heterocycles. The zero-order valence-corrected chi connectivity index (χ0v) is 10.5. The molecule has 0 aliphatic carbocycles. The molecule has 5 nitrogen and oxygen atoms in total. The van der Waals surface area contributed by atoms with Crippen LogP contribution in [0.3, 0.4) is 0 Å². The van der Waals surface area contributed by atoms with Gasteiger partial charge in [0.05, 0.1) is 11.8 Å². The fraction of sp³-hybridized carbons (Fsp3) is 0.231. The van der Waals surface area contributed by atoms with Crippen molar-refractivity contribution in [2.75, 3.05) is 5.32 Å². The lowest BCUT2D eigenvalue weighted by Gasteiger charge is -2.12. The average molecular weight is 264 g/mol. The fourth-order valence-corrected chi connectivity index (χ4v) is 1.66. The number of hydrogen-bond acceptors (Lipinski definition) is 4. The Morgan fingerprint density at radius 3 is 2.79 bits per heavy atom. The van der Waals surface area contributed by atoms with E-state index in [0.29, 0.717) is 17.3 Å². The van der Waals surface area contributed by atoms with Crippen molar-refractivity contribution in [3.05, 3.63) is 47.4 Å². The molecule has 1 aromatic carbocycles. The van der Waals surface area contributed by atoms with Gasteiger partial charge in [-0.15, -0.1) is 0 Å². The summed E-state index contributed by atoms with van der Waals surface area (Å²) in [6.07, 6.45) is 1.60. The third-order valence-corrected chi connectivity index (χ3v) is 2.59. The van der Waals surface area contributed by atoms with Gasteiger partial charge in [-0.25, -0.2) is 14.2 Å². The second kappa shape index (κ2) is 5.09. The van der Waals surface area contributed by atoms with Crippen LogP contribution in [0.4, 0.5) is 10.1 Å². The third-order valence-electron chi connectivity index (χ3n) is 2.59. The van der Waals surface area contributed by atoms with E-state index in [0.717, 1.165) is 6.07 Å². The number of rotatable bonds is 4. The number of carboxylic acid groups (broad SMARTS) is 1. The van der Waals surface area contributed by atoms with E-state index in [1.165, 1.54) is 12.1 Å². The normalized spacial score (nSPS) is 12.2. The number of halogens is 1. The Bertz CT molecular complexity index is 610. The molecule has 6 heteroatoms. The minimum atomic E-state index is -1.29. The highest BCUT2D eigenvalue weighted by molar-refractivity contribution is 5.88. The van der Waals surface area contributed by atoms with Gasteiger partial charge in [0.15, 0.2) is 0 Å². The highest BCUT2D eigenvalue weighted by atomic mass is 19.1. The first-order valence-electron chi connectivity index (χ1n) is 5.69. The molecular weight excluding hydrogens is 251 g/mol. The molecule has 0 saturated heterocycles. The lowest BCUT2D eigenvalue weighted by molar-refractivity contribution is 0.0692. The van der Waals surface area contributed by atoms with Crippen LogP contribution in [0, 0.1) is 12.7 Å². The van der Waals surface area contributed by atoms with E-state index in [2.05, 4.69) is 10.3 Å². The lowest BCUT2D eigenvalue weighted by atomic mass is 10.2. The first-order valence-corrected chi connectivity index (χ1v) is 5.69. The Morgan fingerprint density at radius 1 is 1.53 bits per heavy atom. The Labute approximate surface area is 109 Å². The Hall–Kier alpha value is -2.37. The summed E-state index contributed by atoms with van der Waals surface area (Å²) in [6, 6.07) is 3.60. The van der Waals surface area contributed by atoms with Crippen LogP contribution in [0.25, 0.3) is 0 Å². The number of benzene rings is 1. The van der Waals surface area contributed by atoms with Gasteiger partial charge in [0.1, 0.15) is 17.6 Å². The Balaban J connectivity index is 2.15. The van der Waals surface area contributed by atoms with Gasteiger partial charge in [-0.3, -0.25) is 0 Å². The number of aryl methyl sites for hydroxylation is 1. The first kappa shape index (κ1) is 13.1. The summed E-state index contributed by atoms with van der Waals surface area (Å²) in [7, 11) is 0. The van der Waals surface area contributed by atoms with Crippen LogP contribution in [-0.4, -0.2) is 16.1 Å². The SMILES string of the molecule is Cc1cnc(C(C)Nc2ccc(C(=O)O)c(F)c2)o1. The number of oxazole rings is 1. The maximum Gasteiger partial charge on any atom is 0.338 e. The molecule has 0 amide bonds. The smallest absolute Gasteiger partial charge is 0.338 e. The van der Waals surface area contributed by atoms with Crippen LogP contribution in [0.5, 0.6) is 0 Å². The van der Waals surface area contributed by atoms with Gasteiger partial charge in [0.25, 0.3) is 0 Å². The van der Waals surface area contributed by atoms with Crippen molar-refractivity contribution in [3.8, 4) is 0 Å². The number of nitrogens with one attached hydrogen (secondary N) is 1. The fourth-order valence-electron chi connectivity index (χ4n) is 1.66. The molecule has 0 fully saturated rings. The summed E-state index contributed by atoms with van der Waals surface area (Å²) in [6.45, 7) is 3.60. The third kappa shape index (κ3) is 2.90. The summed E-state index contributed by atoms with van der Waals surface area (Å²) in [5.74, 6) is -0.898. The van der Waals surface area contributed by atoms with Gasteiger partial charge in [0.2, 0.25) is 5.89 Å². The summed E-state index contributed by atoms with van der Waals surface area (Å²) < 4.78 is 18.8. The predicted molar refractivity (Wildman–Crippen MR) is 66.6 cm³/mol. The molecule has 0 bridgehead atoms. The second-order valence-corrected chi connectivity index (χ2v) is 4.17. The van der Waals surface area contributed by atoms with Crippen molar-refractivity contribution in [2.24, 2.45) is 0 Å². The number of nitrogens with zero attached hydrogens (tertiary/aromatic N) is 1. The quantitative estimate of drug-likeness (QED) is 0.887. The topological polar surface area (TPSA) is 75.4 Å². The summed E-state index contributed by atoms with van der Waals surface area (Å²) in [5.41, 5.74) is 0.107. The van der Waals surface area contributed by atoms with Crippen LogP contribution in [0.2, 0.25) is 0 Å². The molecule has 2 N–H and O–H groups in total. The number of hydrogen-bond donors (Lipinski definition) is 2. The molecule has 0 saturated carbocycles. The van der Waals surface area contributed by atoms with E-state index in [1.807, 2.05) is 6.92 Å². The van der Waals surface area contributed by atoms with E-state index in [-0.39, 0.29) is 11.6 Å². The average Bonchev–Trinajstić information content (AvgIpc) is 2.75. The van der Waals surface area contributed by atoms with Crippen LogP contribution in [0.1, 0.15) is 35.0 Å². The number of aromatic carboxylic acids is 1. The second-order valence-electron chi connectivity index (χ2n) is 4.17. The molecule has 100 valence electrons.